The second-order valence-electron chi connectivity index (χ2n) is 14.5. The molecule has 8 rings (SSSR count). The predicted molar refractivity (Wildman–Crippen MR) is 196 cm³/mol. The van der Waals surface area contributed by atoms with E-state index in [0.717, 1.165) is 4.90 Å². The smallest absolute Gasteiger partial charge is 0.417 e. The molecular formula is C40H31Cl2F3N4O7. The molecule has 2 aliphatic heterocycles. The second kappa shape index (κ2) is 13.6. The molecule has 3 fully saturated rings. The van der Waals surface area contributed by atoms with Gasteiger partial charge >= 0.3 is 12.1 Å². The number of carbonyl (C=O) groups is 5. The Hall–Kier alpha value is -5.47. The topological polar surface area (TPSA) is 157 Å². The summed E-state index contributed by atoms with van der Waals surface area (Å²) in [5.74, 6) is -8.69. The van der Waals surface area contributed by atoms with Crippen LogP contribution in [0, 0.1) is 23.7 Å². The zero-order chi connectivity index (χ0) is 39.8. The van der Waals surface area contributed by atoms with Crippen LogP contribution in [0.25, 0.3) is 10.8 Å². The van der Waals surface area contributed by atoms with Crippen LogP contribution < -0.4 is 5.43 Å². The summed E-state index contributed by atoms with van der Waals surface area (Å²) in [5.41, 5.74) is 1.24. The van der Waals surface area contributed by atoms with Crippen LogP contribution in [0.4, 0.5) is 19.0 Å². The van der Waals surface area contributed by atoms with E-state index in [1.165, 1.54) is 6.07 Å². The van der Waals surface area contributed by atoms with Crippen LogP contribution >= 0.6 is 23.2 Å². The predicted octanol–water partition coefficient (Wildman–Crippen LogP) is 7.12. The standard InChI is InChI=1S/C40H31Cl2F3N4O7/c41-21-9-7-19(8-10-21)39-28(36(54)49(38(39)56)47-34-29(42)16-20(18-46-34)40(43,44)45)17-27-25(33(39)24-13-14-30(50)23-5-2-1-4-22(23)24)11-12-26-32(27)37(55)48(35(26)53)15-3-6-31(51)52/h1-2,4-5,7-11,13-14,16,18,26-28,32-33,50H,3,6,12,15,17H2,(H,46,47)(H,51,52). The molecule has 4 aromatic rings. The summed E-state index contributed by atoms with van der Waals surface area (Å²) >= 11 is 12.6. The summed E-state index contributed by atoms with van der Waals surface area (Å²) in [5, 5.41) is 21.7. The molecule has 16 heteroatoms. The average molecular weight is 808 g/mol. The fourth-order valence-corrected chi connectivity index (χ4v) is 9.69. The number of imide groups is 2. The van der Waals surface area contributed by atoms with Crippen LogP contribution in [0.1, 0.15) is 48.3 Å². The number of phenols is 1. The number of aromatic hydroxyl groups is 1. The fraction of sp³-hybridized carbons (Fsp3) is 0.300. The van der Waals surface area contributed by atoms with E-state index in [1.54, 1.807) is 54.6 Å². The molecule has 56 heavy (non-hydrogen) atoms. The number of fused-ring (bicyclic) bond motifs is 5. The number of carboxylic acids is 1. The number of allylic oxidation sites excluding steroid dienone is 2. The first-order valence-corrected chi connectivity index (χ1v) is 18.5. The SMILES string of the molecule is O=C(O)CCCN1C(=O)C2CC=C3C(CC4C(=O)N(Nc5ncc(C(F)(F)F)cc5Cl)C(=O)C4(c4ccc(Cl)cc4)C3c3ccc(O)c4ccccc34)C2C1=O. The summed E-state index contributed by atoms with van der Waals surface area (Å²) in [7, 11) is 0. The van der Waals surface area contributed by atoms with E-state index < -0.39 is 81.4 Å². The normalized spacial score (nSPS) is 25.9. The van der Waals surface area contributed by atoms with Crippen molar-refractivity contribution in [1.29, 1.82) is 0 Å². The van der Waals surface area contributed by atoms with Crippen molar-refractivity contribution in [3.8, 4) is 5.75 Å². The lowest BCUT2D eigenvalue weighted by molar-refractivity contribution is -0.142. The van der Waals surface area contributed by atoms with Crippen LogP contribution in [0.15, 0.2) is 84.6 Å². The first kappa shape index (κ1) is 37.5. The number of pyridine rings is 1. The van der Waals surface area contributed by atoms with E-state index in [-0.39, 0.29) is 43.8 Å². The summed E-state index contributed by atoms with van der Waals surface area (Å²) < 4.78 is 40.5. The van der Waals surface area contributed by atoms with Gasteiger partial charge in [0.25, 0.3) is 11.8 Å². The molecule has 288 valence electrons. The van der Waals surface area contributed by atoms with Gasteiger partial charge in [0.05, 0.1) is 33.8 Å². The van der Waals surface area contributed by atoms with E-state index in [2.05, 4.69) is 10.4 Å². The van der Waals surface area contributed by atoms with Gasteiger partial charge in [-0.15, -0.1) is 0 Å². The van der Waals surface area contributed by atoms with Gasteiger partial charge in [-0.25, -0.2) is 4.98 Å². The molecule has 11 nitrogen and oxygen atoms in total. The molecule has 4 aliphatic rings. The summed E-state index contributed by atoms with van der Waals surface area (Å²) in [6.07, 6.45) is -2.55. The maximum Gasteiger partial charge on any atom is 0.417 e. The minimum atomic E-state index is -4.77. The lowest BCUT2D eigenvalue weighted by Gasteiger charge is -2.51. The molecule has 2 aliphatic carbocycles. The molecule has 0 spiro atoms. The van der Waals surface area contributed by atoms with Crippen molar-refractivity contribution in [1.82, 2.24) is 14.9 Å². The molecule has 3 N–H and O–H groups in total. The Kier molecular flexibility index (Phi) is 9.11. The van der Waals surface area contributed by atoms with Crippen molar-refractivity contribution < 1.29 is 47.4 Å². The Balaban J connectivity index is 1.33. The number of hydrazine groups is 1. The fourth-order valence-electron chi connectivity index (χ4n) is 9.36. The van der Waals surface area contributed by atoms with Crippen LogP contribution in [0.5, 0.6) is 5.75 Å². The Morgan fingerprint density at radius 1 is 0.946 bits per heavy atom. The molecule has 3 aromatic carbocycles. The number of aliphatic carboxylic acids is 1. The minimum absolute atomic E-state index is 0.0415. The van der Waals surface area contributed by atoms with Crippen molar-refractivity contribution in [2.75, 3.05) is 12.0 Å². The third-order valence-corrected chi connectivity index (χ3v) is 12.2. The number of hydrogen-bond acceptors (Lipinski definition) is 8. The number of nitrogens with zero attached hydrogens (tertiary/aromatic N) is 3. The number of alkyl halides is 3. The monoisotopic (exact) mass is 806 g/mol. The average Bonchev–Trinajstić information content (AvgIpc) is 3.53. The third-order valence-electron chi connectivity index (χ3n) is 11.7. The number of nitrogens with one attached hydrogen (secondary N) is 1. The molecule has 6 unspecified atom stereocenters. The molecule has 0 bridgehead atoms. The first-order valence-electron chi connectivity index (χ1n) is 17.8. The van der Waals surface area contributed by atoms with Gasteiger partial charge in [-0.2, -0.15) is 18.2 Å². The molecule has 3 heterocycles. The Morgan fingerprint density at radius 3 is 2.34 bits per heavy atom. The highest BCUT2D eigenvalue weighted by Gasteiger charge is 2.70. The van der Waals surface area contributed by atoms with E-state index in [9.17, 15) is 42.6 Å². The van der Waals surface area contributed by atoms with Gasteiger partial charge < -0.3 is 10.2 Å². The van der Waals surface area contributed by atoms with Crippen molar-refractivity contribution in [2.24, 2.45) is 23.7 Å². The number of likely N-dealkylation sites (tertiary alicyclic amines) is 1. The molecular weight excluding hydrogens is 776 g/mol. The quantitative estimate of drug-likeness (QED) is 0.125. The lowest BCUT2D eigenvalue weighted by Crippen LogP contribution is -2.53. The number of phenolic OH excluding ortho intramolecular Hbond substituents is 1. The lowest BCUT2D eigenvalue weighted by atomic mass is 9.49. The third kappa shape index (κ3) is 5.71. The molecule has 1 aromatic heterocycles. The highest BCUT2D eigenvalue weighted by Crippen LogP contribution is 2.65. The summed E-state index contributed by atoms with van der Waals surface area (Å²) in [4.78, 5) is 74.5. The molecule has 4 amide bonds. The van der Waals surface area contributed by atoms with Crippen LogP contribution in [-0.4, -0.2) is 61.2 Å². The van der Waals surface area contributed by atoms with Crippen molar-refractivity contribution in [2.45, 2.75) is 43.2 Å². The van der Waals surface area contributed by atoms with Crippen LogP contribution in [-0.2, 0) is 35.6 Å². The summed E-state index contributed by atoms with van der Waals surface area (Å²) in [6.45, 7) is -0.0980. The zero-order valence-electron chi connectivity index (χ0n) is 29.1. The molecule has 1 saturated carbocycles. The highest BCUT2D eigenvalue weighted by atomic mass is 35.5. The van der Waals surface area contributed by atoms with Crippen molar-refractivity contribution in [3.63, 3.8) is 0 Å². The van der Waals surface area contributed by atoms with Gasteiger partial charge in [0.2, 0.25) is 11.8 Å². The molecule has 2 saturated heterocycles. The number of hydrogen-bond donors (Lipinski definition) is 3. The van der Waals surface area contributed by atoms with Gasteiger partial charge in [-0.3, -0.25) is 34.3 Å². The van der Waals surface area contributed by atoms with E-state index in [0.29, 0.717) is 49.8 Å². The number of amides is 4. The Labute approximate surface area is 326 Å². The van der Waals surface area contributed by atoms with Crippen molar-refractivity contribution in [3.05, 3.63) is 111 Å². The number of carboxylic acid groups (broad SMARTS) is 1. The number of anilines is 1. The highest BCUT2D eigenvalue weighted by molar-refractivity contribution is 6.33. The number of benzene rings is 3. The maximum absolute atomic E-state index is 15.4. The van der Waals surface area contributed by atoms with E-state index >= 15 is 4.79 Å². The van der Waals surface area contributed by atoms with Gasteiger partial charge in [0.15, 0.2) is 5.82 Å². The van der Waals surface area contributed by atoms with Gasteiger partial charge in [-0.1, -0.05) is 77.3 Å². The number of halogens is 5. The van der Waals surface area contributed by atoms with Crippen LogP contribution in [0.2, 0.25) is 10.0 Å². The van der Waals surface area contributed by atoms with Crippen LogP contribution in [0.3, 0.4) is 0 Å². The first-order chi connectivity index (χ1) is 26.6. The molecule has 6 atom stereocenters. The van der Waals surface area contributed by atoms with Gasteiger partial charge in [0, 0.05) is 35.5 Å². The van der Waals surface area contributed by atoms with Gasteiger partial charge in [0.1, 0.15) is 5.75 Å². The Bertz CT molecular complexity index is 2390. The number of carbonyl (C=O) groups excluding carboxylic acids is 4. The van der Waals surface area contributed by atoms with E-state index in [4.69, 9.17) is 23.2 Å². The van der Waals surface area contributed by atoms with E-state index in [1.807, 2.05) is 6.08 Å². The Morgan fingerprint density at radius 2 is 1.66 bits per heavy atom. The number of rotatable bonds is 8. The zero-order valence-corrected chi connectivity index (χ0v) is 30.6. The number of aromatic nitrogens is 1. The minimum Gasteiger partial charge on any atom is -0.507 e. The van der Waals surface area contributed by atoms with Gasteiger partial charge in [-0.05, 0) is 66.0 Å². The second-order valence-corrected chi connectivity index (χ2v) is 15.3. The largest absolute Gasteiger partial charge is 0.507 e. The van der Waals surface area contributed by atoms with Crippen molar-refractivity contribution >= 4 is 69.4 Å². The summed E-state index contributed by atoms with van der Waals surface area (Å²) in [6, 6.07) is 17.1. The molecule has 0 radical (unpaired) electrons. The maximum atomic E-state index is 15.4.